The number of hydrogen-bond donors (Lipinski definition) is 3. The lowest BCUT2D eigenvalue weighted by molar-refractivity contribution is -0.193. The zero-order valence-electron chi connectivity index (χ0n) is 39.6. The Labute approximate surface area is 415 Å². The molecule has 0 saturated carbocycles. The van der Waals surface area contributed by atoms with Crippen LogP contribution < -0.4 is 15.9 Å². The molecule has 71 heavy (non-hydrogen) atoms. The van der Waals surface area contributed by atoms with Crippen LogP contribution in [0.1, 0.15) is 69.7 Å². The molecule has 0 radical (unpaired) electrons. The molecular weight excluding hydrogens is 912 g/mol. The monoisotopic (exact) mass is 968 g/mol. The van der Waals surface area contributed by atoms with Crippen molar-refractivity contribution in [2.45, 2.75) is 52.0 Å². The number of ketones is 2. The maximum atomic E-state index is 14.7. The molecule has 362 valence electrons. The molecule has 1 saturated heterocycles. The van der Waals surface area contributed by atoms with Gasteiger partial charge in [-0.05, 0) is 65.3 Å². The van der Waals surface area contributed by atoms with Gasteiger partial charge in [0.25, 0.3) is 0 Å². The molecule has 0 amide bonds. The Bertz CT molecular complexity index is 2810. The number of carbonyl (C=O) groups excluding carboxylic acids is 4. The number of benzene rings is 7. The number of allylic oxidation sites excluding steroid dienone is 2. The van der Waals surface area contributed by atoms with Crippen LogP contribution in [0.15, 0.2) is 212 Å². The van der Waals surface area contributed by atoms with Crippen molar-refractivity contribution in [3.8, 4) is 0 Å². The van der Waals surface area contributed by atoms with E-state index in [4.69, 9.17) is 19.3 Å². The van der Waals surface area contributed by atoms with Crippen molar-refractivity contribution < 1.29 is 48.7 Å². The summed E-state index contributed by atoms with van der Waals surface area (Å²) in [6.07, 6.45) is 8.97. The molecule has 1 aliphatic rings. The predicted octanol–water partition coefficient (Wildman–Crippen LogP) is 9.25. The molecule has 1 heterocycles. The van der Waals surface area contributed by atoms with Crippen molar-refractivity contribution in [3.05, 3.63) is 246 Å². The van der Waals surface area contributed by atoms with Crippen LogP contribution in [0.2, 0.25) is 0 Å². The first-order chi connectivity index (χ1) is 34.5. The molecule has 7 aromatic carbocycles. The van der Waals surface area contributed by atoms with E-state index in [0.29, 0.717) is 11.1 Å². The van der Waals surface area contributed by atoms with Gasteiger partial charge in [0.2, 0.25) is 11.6 Å². The van der Waals surface area contributed by atoms with Crippen molar-refractivity contribution in [3.63, 3.8) is 0 Å². The van der Waals surface area contributed by atoms with Gasteiger partial charge in [0.05, 0.1) is 0 Å². The van der Waals surface area contributed by atoms with Crippen molar-refractivity contribution in [1.82, 2.24) is 0 Å². The van der Waals surface area contributed by atoms with Crippen LogP contribution in [0.3, 0.4) is 0 Å². The summed E-state index contributed by atoms with van der Waals surface area (Å²) < 4.78 is 15.5. The summed E-state index contributed by atoms with van der Waals surface area (Å²) in [5.41, 5.74) is 3.80. The van der Waals surface area contributed by atoms with Crippen LogP contribution in [-0.4, -0.2) is 62.8 Å². The smallest absolute Gasteiger partial charge is 0.375 e. The second-order valence-electron chi connectivity index (χ2n) is 16.2. The fourth-order valence-electron chi connectivity index (χ4n) is 7.65. The van der Waals surface area contributed by atoms with Gasteiger partial charge >= 0.3 is 17.7 Å². The van der Waals surface area contributed by atoms with E-state index >= 15 is 0 Å². The second kappa shape index (κ2) is 26.4. The number of aliphatic hydroxyl groups is 3. The van der Waals surface area contributed by atoms with E-state index in [0.717, 1.165) is 52.1 Å². The van der Waals surface area contributed by atoms with Crippen LogP contribution >= 0.6 is 6.89 Å². The molecule has 0 aliphatic carbocycles. The van der Waals surface area contributed by atoms with Gasteiger partial charge in [0, 0.05) is 24.2 Å². The predicted molar refractivity (Wildman–Crippen MR) is 282 cm³/mol. The minimum Gasteiger partial charge on any atom is -0.457 e. The Kier molecular flexibility index (Phi) is 19.7. The van der Waals surface area contributed by atoms with Gasteiger partial charge in [0.15, 0.2) is 6.29 Å². The number of ether oxygens (including phenoxy) is 3. The first-order valence-corrected chi connectivity index (χ1v) is 24.9. The van der Waals surface area contributed by atoms with Crippen LogP contribution in [0.4, 0.5) is 0 Å². The summed E-state index contributed by atoms with van der Waals surface area (Å²) in [5.74, 6) is -6.71. The minimum absolute atomic E-state index is 0.00455. The standard InChI is InChI=1S/C37H31O3P.C19H18O5.C4H8O2/c1-2-15-29-24-26-31(27-25-29)35(38)36(37(39)40-28-30-16-7-3-8-17-30)41(32-18-9-4-10-19-32,33-20-11-5-12-21-33)34-22-13-6-14-23-34;1-2-6-14-9-11-16(12-10-14)17(20)19(22,23)18(21)24-13-15-7-4-3-5-8-15;5-4-2-1-3-6-4/h2-27H,28H2,1H3;2-12,22-23H,13H2,1H3;4-5H,1-3H2/b15-2+;6-2+;. The van der Waals surface area contributed by atoms with E-state index in [9.17, 15) is 29.4 Å². The van der Waals surface area contributed by atoms with E-state index in [2.05, 4.69) is 0 Å². The summed E-state index contributed by atoms with van der Waals surface area (Å²) in [6, 6.07) is 61.4. The van der Waals surface area contributed by atoms with Gasteiger partial charge < -0.3 is 29.5 Å². The summed E-state index contributed by atoms with van der Waals surface area (Å²) in [7, 11) is 0. The van der Waals surface area contributed by atoms with Crippen LogP contribution in [0.5, 0.6) is 0 Å². The third kappa shape index (κ3) is 14.0. The second-order valence-corrected chi connectivity index (χ2v) is 19.5. The molecule has 1 aliphatic heterocycles. The molecule has 1 atom stereocenters. The Morgan fingerprint density at radius 1 is 0.563 bits per heavy atom. The van der Waals surface area contributed by atoms with Gasteiger partial charge in [-0.15, -0.1) is 0 Å². The fraction of sp³-hybridized carbons (Fsp3) is 0.150. The quantitative estimate of drug-likeness (QED) is 0.0298. The highest BCUT2D eigenvalue weighted by Gasteiger charge is 2.44. The summed E-state index contributed by atoms with van der Waals surface area (Å²) in [4.78, 5) is 53.1. The first-order valence-electron chi connectivity index (χ1n) is 23.1. The van der Waals surface area contributed by atoms with Gasteiger partial charge in [-0.3, -0.25) is 9.59 Å². The zero-order chi connectivity index (χ0) is 50.5. The van der Waals surface area contributed by atoms with Crippen LogP contribution in [0, 0.1) is 0 Å². The average molecular weight is 969 g/mol. The lowest BCUT2D eigenvalue weighted by atomic mass is 10.0. The fourth-order valence-corrected chi connectivity index (χ4v) is 12.0. The lowest BCUT2D eigenvalue weighted by Crippen LogP contribution is -2.47. The highest BCUT2D eigenvalue weighted by molar-refractivity contribution is 7.97. The summed E-state index contributed by atoms with van der Waals surface area (Å²) >= 11 is 0. The Morgan fingerprint density at radius 3 is 1.32 bits per heavy atom. The van der Waals surface area contributed by atoms with Crippen LogP contribution in [0.25, 0.3) is 12.2 Å². The van der Waals surface area contributed by atoms with E-state index in [1.54, 1.807) is 54.6 Å². The Balaban J connectivity index is 0.000000231. The molecule has 0 spiro atoms. The van der Waals surface area contributed by atoms with E-state index in [-0.39, 0.29) is 29.9 Å². The molecule has 0 bridgehead atoms. The largest absolute Gasteiger partial charge is 0.457 e. The maximum Gasteiger partial charge on any atom is 0.375 e. The van der Waals surface area contributed by atoms with Gasteiger partial charge in [-0.2, -0.15) is 0 Å². The third-order valence-electron chi connectivity index (χ3n) is 11.2. The minimum atomic E-state index is -3.23. The van der Waals surface area contributed by atoms with Crippen molar-refractivity contribution >= 4 is 63.8 Å². The zero-order valence-corrected chi connectivity index (χ0v) is 40.5. The molecule has 8 rings (SSSR count). The van der Waals surface area contributed by atoms with Gasteiger partial charge in [0.1, 0.15) is 18.5 Å². The molecule has 10 nitrogen and oxygen atoms in total. The van der Waals surface area contributed by atoms with Crippen molar-refractivity contribution in [1.29, 1.82) is 0 Å². The van der Waals surface area contributed by atoms with Crippen molar-refractivity contribution in [2.75, 3.05) is 6.61 Å². The normalized spacial score (nSPS) is 13.3. The molecule has 11 heteroatoms. The molecular formula is C60H57O10P. The van der Waals surface area contributed by atoms with Gasteiger partial charge in [-0.25, -0.2) is 9.59 Å². The van der Waals surface area contributed by atoms with E-state index < -0.39 is 36.7 Å². The van der Waals surface area contributed by atoms with Crippen LogP contribution in [-0.2, 0) is 37.0 Å². The molecule has 7 aromatic rings. The number of aliphatic hydroxyl groups excluding tert-OH is 1. The maximum absolute atomic E-state index is 14.7. The SMILES string of the molecule is C/C=C/c1ccc(C(=O)C(C(=O)OCc2ccccc2)=P(c2ccccc2)(c2ccccc2)c2ccccc2)cc1.C/C=C/c1ccc(C(=O)C(O)(O)C(=O)OCc2ccccc2)cc1.OC1CCCO1. The van der Waals surface area contributed by atoms with Crippen molar-refractivity contribution in [2.24, 2.45) is 0 Å². The number of carbonyl (C=O) groups is 4. The highest BCUT2D eigenvalue weighted by atomic mass is 31.2. The highest BCUT2D eigenvalue weighted by Crippen LogP contribution is 2.47. The molecule has 0 aromatic heterocycles. The van der Waals surface area contributed by atoms with E-state index in [1.807, 2.05) is 172 Å². The lowest BCUT2D eigenvalue weighted by Gasteiger charge is -2.31. The van der Waals surface area contributed by atoms with Gasteiger partial charge in [-0.1, -0.05) is 224 Å². The first kappa shape index (κ1) is 52.8. The Hall–Kier alpha value is -7.56. The number of Topliss-reactive ketones (excluding diaryl/α,β-unsaturated/α-hetero) is 2. The number of esters is 2. The topological polar surface area (TPSA) is 157 Å². The summed E-state index contributed by atoms with van der Waals surface area (Å²) in [5, 5.41) is 31.1. The Morgan fingerprint density at radius 2 is 0.958 bits per heavy atom. The van der Waals surface area contributed by atoms with E-state index in [1.165, 1.54) is 12.1 Å². The average Bonchev–Trinajstić information content (AvgIpc) is 3.91. The number of rotatable bonds is 15. The summed E-state index contributed by atoms with van der Waals surface area (Å²) in [6.45, 7) is 1.44. The molecule has 1 unspecified atom stereocenters. The molecule has 3 N–H and O–H groups in total. The molecule has 1 fully saturated rings. The third-order valence-corrected chi connectivity index (χ3v) is 15.4. The number of hydrogen-bond acceptors (Lipinski definition) is 10.